The Labute approximate surface area is 146 Å². The average Bonchev–Trinajstić information content (AvgIpc) is 2.60. The molecule has 0 aromatic heterocycles. The van der Waals surface area contributed by atoms with E-state index in [2.05, 4.69) is 6.92 Å². The van der Waals surface area contributed by atoms with Crippen LogP contribution in [0.2, 0.25) is 0 Å². The van der Waals surface area contributed by atoms with E-state index in [0.29, 0.717) is 23.1 Å². The monoisotopic (exact) mass is 336 g/mol. The highest BCUT2D eigenvalue weighted by molar-refractivity contribution is 6.23. The Hall–Kier alpha value is -2.36. The molecule has 0 bridgehead atoms. The molecule has 0 radical (unpaired) electrons. The smallest absolute Gasteiger partial charge is 0.186 e. The number of ketones is 3. The summed E-state index contributed by atoms with van der Waals surface area (Å²) >= 11 is 0. The second kappa shape index (κ2) is 5.07. The highest BCUT2D eigenvalue weighted by Crippen LogP contribution is 2.56. The van der Waals surface area contributed by atoms with Crippen molar-refractivity contribution >= 4 is 23.6 Å². The summed E-state index contributed by atoms with van der Waals surface area (Å²) in [5, 5.41) is 0. The first-order chi connectivity index (χ1) is 11.8. The lowest BCUT2D eigenvalue weighted by atomic mass is 9.50. The van der Waals surface area contributed by atoms with Gasteiger partial charge >= 0.3 is 0 Å². The molecule has 0 amide bonds. The number of rotatable bonds is 1. The van der Waals surface area contributed by atoms with E-state index in [0.717, 1.165) is 31.1 Å². The van der Waals surface area contributed by atoms with Gasteiger partial charge in [-0.05, 0) is 54.0 Å². The van der Waals surface area contributed by atoms with Crippen molar-refractivity contribution in [2.45, 2.75) is 44.9 Å². The Kier molecular flexibility index (Phi) is 3.27. The van der Waals surface area contributed by atoms with Crippen molar-refractivity contribution in [1.82, 2.24) is 0 Å². The molecule has 0 spiro atoms. The number of aldehydes is 1. The molecule has 4 rings (SSSR count). The van der Waals surface area contributed by atoms with Gasteiger partial charge in [0.25, 0.3) is 0 Å². The van der Waals surface area contributed by atoms with Crippen LogP contribution in [0.3, 0.4) is 0 Å². The van der Waals surface area contributed by atoms with Crippen LogP contribution < -0.4 is 0 Å². The Morgan fingerprint density at radius 1 is 0.960 bits per heavy atom. The van der Waals surface area contributed by atoms with Crippen LogP contribution in [-0.4, -0.2) is 23.6 Å². The van der Waals surface area contributed by atoms with Crippen LogP contribution in [0.1, 0.15) is 76.2 Å². The fourth-order valence-corrected chi connectivity index (χ4v) is 5.17. The summed E-state index contributed by atoms with van der Waals surface area (Å²) in [6, 6.07) is 3.35. The first-order valence-corrected chi connectivity index (χ1v) is 8.75. The molecular formula is C21H20O4. The predicted molar refractivity (Wildman–Crippen MR) is 92.1 cm³/mol. The fraction of sp³-hybridized carbons (Fsp3) is 0.429. The maximum absolute atomic E-state index is 12.8. The number of carbonyl (C=O) groups excluding carboxylic acids is 4. The third-order valence-electron chi connectivity index (χ3n) is 6.63. The summed E-state index contributed by atoms with van der Waals surface area (Å²) in [5.74, 6) is -0.553. The zero-order valence-corrected chi connectivity index (χ0v) is 14.4. The second-order valence-electron chi connectivity index (χ2n) is 8.08. The topological polar surface area (TPSA) is 68.3 Å². The minimum absolute atomic E-state index is 0.0370. The SMILES string of the molecule is C[C@@]1(C=O)CCC[C@]2(C)c3cc4c(cc3C(=O)C[C@H]12)C(=O)C=CC4=O. The molecule has 0 unspecified atom stereocenters. The first-order valence-electron chi connectivity index (χ1n) is 8.75. The molecule has 3 aliphatic carbocycles. The summed E-state index contributed by atoms with van der Waals surface area (Å²) in [7, 11) is 0. The van der Waals surface area contributed by atoms with Gasteiger partial charge < -0.3 is 4.79 Å². The van der Waals surface area contributed by atoms with Crippen molar-refractivity contribution < 1.29 is 19.2 Å². The standard InChI is InChI=1S/C21H20O4/c1-20(11-22)6-3-7-21(2)15-9-13-12(16(23)4-5-17(13)24)8-14(15)18(25)10-19(20)21/h4-5,8-9,11,19H,3,6-7,10H2,1-2H3/t19-,20+,21-/m1/s1. The van der Waals surface area contributed by atoms with Crippen LogP contribution in [0.25, 0.3) is 0 Å². The maximum Gasteiger partial charge on any atom is 0.186 e. The van der Waals surface area contributed by atoms with Gasteiger partial charge in [0.05, 0.1) is 0 Å². The van der Waals surface area contributed by atoms with Crippen LogP contribution in [0.4, 0.5) is 0 Å². The third-order valence-corrected chi connectivity index (χ3v) is 6.63. The Bertz CT molecular complexity index is 878. The maximum atomic E-state index is 12.8. The van der Waals surface area contributed by atoms with Gasteiger partial charge in [-0.3, -0.25) is 14.4 Å². The molecule has 0 saturated heterocycles. The van der Waals surface area contributed by atoms with Gasteiger partial charge in [-0.25, -0.2) is 0 Å². The lowest BCUT2D eigenvalue weighted by Gasteiger charge is -2.53. The van der Waals surface area contributed by atoms with Gasteiger partial charge in [-0.1, -0.05) is 20.3 Å². The molecule has 128 valence electrons. The molecule has 4 nitrogen and oxygen atoms in total. The van der Waals surface area contributed by atoms with Crippen molar-refractivity contribution in [3.63, 3.8) is 0 Å². The van der Waals surface area contributed by atoms with E-state index in [1.54, 1.807) is 12.1 Å². The summed E-state index contributed by atoms with van der Waals surface area (Å²) in [4.78, 5) is 49.0. The molecule has 0 N–H and O–H groups in total. The number of fused-ring (bicyclic) bond motifs is 4. The molecule has 4 heteroatoms. The highest BCUT2D eigenvalue weighted by atomic mass is 16.1. The average molecular weight is 336 g/mol. The van der Waals surface area contributed by atoms with Crippen LogP contribution >= 0.6 is 0 Å². The van der Waals surface area contributed by atoms with E-state index < -0.39 is 5.41 Å². The van der Waals surface area contributed by atoms with Gasteiger partial charge in [0.2, 0.25) is 0 Å². The predicted octanol–water partition coefficient (Wildman–Crippen LogP) is 3.47. The summed E-state index contributed by atoms with van der Waals surface area (Å²) in [6.45, 7) is 4.04. The first kappa shape index (κ1) is 16.1. The van der Waals surface area contributed by atoms with E-state index in [1.807, 2.05) is 6.92 Å². The molecule has 1 saturated carbocycles. The molecular weight excluding hydrogens is 316 g/mol. The number of allylic oxidation sites excluding steroid dienone is 2. The highest BCUT2D eigenvalue weighted by Gasteiger charge is 2.54. The summed E-state index contributed by atoms with van der Waals surface area (Å²) in [5.41, 5.74) is 1.20. The molecule has 0 aliphatic heterocycles. The van der Waals surface area contributed by atoms with E-state index >= 15 is 0 Å². The van der Waals surface area contributed by atoms with Crippen molar-refractivity contribution in [3.8, 4) is 0 Å². The van der Waals surface area contributed by atoms with Gasteiger partial charge in [-0.15, -0.1) is 0 Å². The van der Waals surface area contributed by atoms with Crippen LogP contribution in [-0.2, 0) is 10.2 Å². The number of hydrogen-bond donors (Lipinski definition) is 0. The van der Waals surface area contributed by atoms with Gasteiger partial charge in [0, 0.05) is 28.5 Å². The zero-order valence-electron chi connectivity index (χ0n) is 14.4. The molecule has 1 aromatic rings. The van der Waals surface area contributed by atoms with E-state index in [-0.39, 0.29) is 28.7 Å². The summed E-state index contributed by atoms with van der Waals surface area (Å²) < 4.78 is 0. The third kappa shape index (κ3) is 2.06. The molecule has 3 aliphatic rings. The van der Waals surface area contributed by atoms with E-state index in [1.165, 1.54) is 12.2 Å². The Morgan fingerprint density at radius 2 is 1.60 bits per heavy atom. The number of benzene rings is 1. The van der Waals surface area contributed by atoms with Crippen LogP contribution in [0.5, 0.6) is 0 Å². The molecule has 1 fully saturated rings. The lowest BCUT2D eigenvalue weighted by molar-refractivity contribution is -0.122. The number of hydrogen-bond acceptors (Lipinski definition) is 4. The van der Waals surface area contributed by atoms with Crippen LogP contribution in [0.15, 0.2) is 24.3 Å². The summed E-state index contributed by atoms with van der Waals surface area (Å²) in [6.07, 6.45) is 6.43. The Morgan fingerprint density at radius 3 is 2.24 bits per heavy atom. The van der Waals surface area contributed by atoms with Gasteiger partial charge in [0.1, 0.15) is 6.29 Å². The minimum Gasteiger partial charge on any atom is -0.303 e. The van der Waals surface area contributed by atoms with Gasteiger partial charge in [0.15, 0.2) is 17.3 Å². The van der Waals surface area contributed by atoms with Crippen LogP contribution in [0, 0.1) is 11.3 Å². The number of carbonyl (C=O) groups is 4. The fourth-order valence-electron chi connectivity index (χ4n) is 5.17. The molecule has 3 atom stereocenters. The van der Waals surface area contributed by atoms with Gasteiger partial charge in [-0.2, -0.15) is 0 Å². The molecule has 25 heavy (non-hydrogen) atoms. The zero-order chi connectivity index (χ0) is 18.0. The van der Waals surface area contributed by atoms with Crippen molar-refractivity contribution in [1.29, 1.82) is 0 Å². The number of Topliss-reactive ketones (excluding diaryl/α,β-unsaturated/α-hetero) is 1. The minimum atomic E-state index is -0.532. The van der Waals surface area contributed by atoms with Crippen molar-refractivity contribution in [3.05, 3.63) is 46.5 Å². The normalized spacial score (nSPS) is 33.5. The molecule has 0 heterocycles. The second-order valence-corrected chi connectivity index (χ2v) is 8.08. The van der Waals surface area contributed by atoms with E-state index in [9.17, 15) is 19.2 Å². The molecule has 1 aromatic carbocycles. The quantitative estimate of drug-likeness (QED) is 0.736. The van der Waals surface area contributed by atoms with Crippen molar-refractivity contribution in [2.24, 2.45) is 11.3 Å². The van der Waals surface area contributed by atoms with Crippen molar-refractivity contribution in [2.75, 3.05) is 0 Å². The Balaban J connectivity index is 1.96. The lowest BCUT2D eigenvalue weighted by Crippen LogP contribution is -2.51. The largest absolute Gasteiger partial charge is 0.303 e. The van der Waals surface area contributed by atoms with E-state index in [4.69, 9.17) is 0 Å².